The molecule has 0 radical (unpaired) electrons. The fourth-order valence-corrected chi connectivity index (χ4v) is 3.74. The summed E-state index contributed by atoms with van der Waals surface area (Å²) in [6.07, 6.45) is 1.32. The number of morpholine rings is 1. The highest BCUT2D eigenvalue weighted by Crippen LogP contribution is 2.28. The smallest absolute Gasteiger partial charge is 0.105 e. The van der Waals surface area contributed by atoms with Crippen LogP contribution in [-0.2, 0) is 17.8 Å². The first-order valence-electron chi connectivity index (χ1n) is 7.90. The van der Waals surface area contributed by atoms with Gasteiger partial charge in [-0.15, -0.1) is 0 Å². The van der Waals surface area contributed by atoms with Crippen LogP contribution in [-0.4, -0.2) is 62.5 Å². The first-order valence-corrected chi connectivity index (χ1v) is 7.90. The molecule has 0 amide bonds. The van der Waals surface area contributed by atoms with Crippen molar-refractivity contribution in [1.82, 2.24) is 0 Å². The summed E-state index contributed by atoms with van der Waals surface area (Å²) in [4.78, 5) is 0. The van der Waals surface area contributed by atoms with Crippen molar-refractivity contribution in [1.29, 1.82) is 0 Å². The zero-order valence-corrected chi connectivity index (χ0v) is 15.5. The van der Waals surface area contributed by atoms with Crippen LogP contribution in [0.2, 0.25) is 0 Å². The van der Waals surface area contributed by atoms with Gasteiger partial charge in [0.05, 0.1) is 40.4 Å². The first kappa shape index (κ1) is 17.2. The highest BCUT2D eigenvalue weighted by Gasteiger charge is 2.32. The molecule has 0 aliphatic carbocycles. The van der Waals surface area contributed by atoms with Gasteiger partial charge in [0.2, 0.25) is 0 Å². The number of hydrogen-bond acceptors (Lipinski definition) is 1. The van der Waals surface area contributed by atoms with Gasteiger partial charge in [0.1, 0.15) is 26.2 Å². The molecule has 1 fully saturated rings. The Morgan fingerprint density at radius 2 is 1.43 bits per heavy atom. The van der Waals surface area contributed by atoms with Crippen molar-refractivity contribution in [2.24, 2.45) is 0 Å². The molecule has 0 atom stereocenters. The zero-order chi connectivity index (χ0) is 14.1. The molecule has 4 heteroatoms. The van der Waals surface area contributed by atoms with Crippen LogP contribution >= 0.6 is 0 Å². The molecule has 2 heterocycles. The number of hydrogen-bond donors (Lipinski definition) is 0. The monoisotopic (exact) mass is 403 g/mol. The van der Waals surface area contributed by atoms with Crippen molar-refractivity contribution >= 4 is 0 Å². The number of ether oxygens (including phenoxy) is 1. The second-order valence-electron chi connectivity index (χ2n) is 7.18. The van der Waals surface area contributed by atoms with E-state index >= 15 is 0 Å². The van der Waals surface area contributed by atoms with Crippen molar-refractivity contribution in [3.63, 3.8) is 0 Å². The summed E-state index contributed by atoms with van der Waals surface area (Å²) in [5.41, 5.74) is 3.11. The summed E-state index contributed by atoms with van der Waals surface area (Å²) in [6.45, 7) is 9.26. The molecular weight excluding hydrogens is 375 g/mol. The second kappa shape index (κ2) is 6.94. The minimum absolute atomic E-state index is 0. The number of rotatable bonds is 4. The Hall–Kier alpha value is -0.170. The molecule has 1 saturated heterocycles. The maximum absolute atomic E-state index is 5.49. The van der Waals surface area contributed by atoms with Crippen LogP contribution in [0.4, 0.5) is 0 Å². The van der Waals surface area contributed by atoms with Crippen LogP contribution in [0.5, 0.6) is 0 Å². The van der Waals surface area contributed by atoms with Gasteiger partial charge in [-0.05, 0) is 0 Å². The lowest BCUT2D eigenvalue weighted by Gasteiger charge is -2.38. The summed E-state index contributed by atoms with van der Waals surface area (Å²) < 4.78 is 7.88. The molecule has 0 N–H and O–H groups in total. The Balaban J connectivity index is 0.00000161. The van der Waals surface area contributed by atoms with Crippen LogP contribution < -0.4 is 24.0 Å². The van der Waals surface area contributed by atoms with Crippen molar-refractivity contribution in [2.75, 3.05) is 53.5 Å². The maximum Gasteiger partial charge on any atom is 0.105 e. The van der Waals surface area contributed by atoms with E-state index in [0.717, 1.165) is 13.2 Å². The van der Waals surface area contributed by atoms with E-state index in [4.69, 9.17) is 4.74 Å². The van der Waals surface area contributed by atoms with E-state index in [1.165, 1.54) is 54.7 Å². The Morgan fingerprint density at radius 1 is 0.905 bits per heavy atom. The van der Waals surface area contributed by atoms with Gasteiger partial charge in [-0.2, -0.15) is 0 Å². The maximum atomic E-state index is 5.49. The molecule has 21 heavy (non-hydrogen) atoms. The standard InChI is InChI=1S/C17H28N2O.HI/c1-18(10-12-20-13-11-18)8-5-9-19(2)14-16-6-3-4-7-17(16)15-19;/h3-4,6-7H,5,8-15H2,1-2H3;1H/q+2;/p-1. The fourth-order valence-electron chi connectivity index (χ4n) is 3.74. The normalized spacial score (nSPS) is 22.4. The van der Waals surface area contributed by atoms with E-state index in [9.17, 15) is 0 Å². The van der Waals surface area contributed by atoms with E-state index in [1.54, 1.807) is 11.1 Å². The molecule has 0 spiro atoms. The summed E-state index contributed by atoms with van der Waals surface area (Å²) in [6, 6.07) is 8.95. The number of nitrogens with zero attached hydrogens (tertiary/aromatic N) is 2. The average Bonchev–Trinajstić information content (AvgIpc) is 2.75. The van der Waals surface area contributed by atoms with E-state index < -0.39 is 0 Å². The second-order valence-corrected chi connectivity index (χ2v) is 7.18. The molecule has 118 valence electrons. The van der Waals surface area contributed by atoms with E-state index in [-0.39, 0.29) is 24.0 Å². The van der Waals surface area contributed by atoms with Crippen molar-refractivity contribution in [3.8, 4) is 0 Å². The third kappa shape index (κ3) is 4.18. The first-order chi connectivity index (χ1) is 9.59. The van der Waals surface area contributed by atoms with Crippen LogP contribution in [0.25, 0.3) is 0 Å². The molecule has 2 aliphatic rings. The molecule has 0 aromatic heterocycles. The van der Waals surface area contributed by atoms with Crippen LogP contribution in [0.3, 0.4) is 0 Å². The quantitative estimate of drug-likeness (QED) is 0.464. The predicted molar refractivity (Wildman–Crippen MR) is 81.1 cm³/mol. The largest absolute Gasteiger partial charge is 1.00 e. The molecule has 2 aliphatic heterocycles. The lowest BCUT2D eigenvalue weighted by atomic mass is 10.1. The Kier molecular flexibility index (Phi) is 5.68. The zero-order valence-electron chi connectivity index (χ0n) is 13.4. The Morgan fingerprint density at radius 3 is 2.00 bits per heavy atom. The van der Waals surface area contributed by atoms with Crippen LogP contribution in [0, 0.1) is 0 Å². The highest BCUT2D eigenvalue weighted by atomic mass is 127. The van der Waals surface area contributed by atoms with Crippen LogP contribution in [0.1, 0.15) is 17.5 Å². The number of likely N-dealkylation sites (N-methyl/N-ethyl adjacent to an activating group) is 1. The van der Waals surface area contributed by atoms with Gasteiger partial charge in [0, 0.05) is 17.5 Å². The van der Waals surface area contributed by atoms with Gasteiger partial charge < -0.3 is 37.7 Å². The molecule has 0 saturated carbocycles. The SMILES string of the molecule is C[N+]1(CCC[N+]2(C)Cc3ccccc3C2)CCOCC1.[I-]. The summed E-state index contributed by atoms with van der Waals surface area (Å²) in [5.74, 6) is 0. The summed E-state index contributed by atoms with van der Waals surface area (Å²) >= 11 is 0. The summed E-state index contributed by atoms with van der Waals surface area (Å²) in [5, 5.41) is 0. The fraction of sp³-hybridized carbons (Fsp3) is 0.647. The van der Waals surface area contributed by atoms with E-state index in [2.05, 4.69) is 38.4 Å². The van der Waals surface area contributed by atoms with E-state index in [0.29, 0.717) is 0 Å². The minimum Gasteiger partial charge on any atom is -1.00 e. The van der Waals surface area contributed by atoms with E-state index in [1.807, 2.05) is 0 Å². The third-order valence-electron chi connectivity index (χ3n) is 5.17. The van der Waals surface area contributed by atoms with Gasteiger partial charge >= 0.3 is 0 Å². The Labute approximate surface area is 146 Å². The van der Waals surface area contributed by atoms with Gasteiger partial charge in [-0.3, -0.25) is 0 Å². The van der Waals surface area contributed by atoms with Crippen molar-refractivity contribution in [3.05, 3.63) is 35.4 Å². The highest BCUT2D eigenvalue weighted by molar-refractivity contribution is 5.27. The molecule has 0 unspecified atom stereocenters. The lowest BCUT2D eigenvalue weighted by Crippen LogP contribution is -3.00. The van der Waals surface area contributed by atoms with Gasteiger partial charge in [0.25, 0.3) is 0 Å². The van der Waals surface area contributed by atoms with Crippen molar-refractivity contribution < 1.29 is 37.7 Å². The van der Waals surface area contributed by atoms with Crippen molar-refractivity contribution in [2.45, 2.75) is 19.5 Å². The lowest BCUT2D eigenvalue weighted by molar-refractivity contribution is -0.942. The van der Waals surface area contributed by atoms with Gasteiger partial charge in [-0.1, -0.05) is 24.3 Å². The summed E-state index contributed by atoms with van der Waals surface area (Å²) in [7, 11) is 4.81. The number of fused-ring (bicyclic) bond motifs is 1. The topological polar surface area (TPSA) is 9.23 Å². The molecule has 3 rings (SSSR count). The molecule has 3 nitrogen and oxygen atoms in total. The van der Waals surface area contributed by atoms with Crippen LogP contribution in [0.15, 0.2) is 24.3 Å². The number of halogens is 1. The molecule has 1 aromatic carbocycles. The molecular formula is C17H28IN2O+. The minimum atomic E-state index is 0. The van der Waals surface area contributed by atoms with Gasteiger partial charge in [0.15, 0.2) is 0 Å². The third-order valence-corrected chi connectivity index (χ3v) is 5.17. The van der Waals surface area contributed by atoms with Gasteiger partial charge in [-0.25, -0.2) is 0 Å². The average molecular weight is 403 g/mol. The Bertz CT molecular complexity index is 447. The predicted octanol–water partition coefficient (Wildman–Crippen LogP) is -0.982. The number of benzene rings is 1. The number of quaternary nitrogens is 2. The molecule has 1 aromatic rings. The molecule has 0 bridgehead atoms.